The van der Waals surface area contributed by atoms with E-state index in [1.165, 1.54) is 11.3 Å². The molecule has 4 nitrogen and oxygen atoms in total. The minimum Gasteiger partial charge on any atom is -0.315 e. The van der Waals surface area contributed by atoms with Gasteiger partial charge in [-0.1, -0.05) is 23.7 Å². The summed E-state index contributed by atoms with van der Waals surface area (Å²) < 4.78 is 27.6. The standard InChI is InChI=1S/C14H17ClN2O2S2/c1-10-9-20-13(8-16-2)14(10)21(18,19)17-7-11-4-3-5-12(15)6-11/h3-6,9,16-17H,7-8H2,1-2H3. The minimum atomic E-state index is -3.53. The number of sulfonamides is 1. The lowest BCUT2D eigenvalue weighted by Crippen LogP contribution is -2.25. The minimum absolute atomic E-state index is 0.219. The van der Waals surface area contributed by atoms with Crippen molar-refractivity contribution in [3.63, 3.8) is 0 Å². The Balaban J connectivity index is 2.21. The zero-order chi connectivity index (χ0) is 15.5. The van der Waals surface area contributed by atoms with Crippen LogP contribution in [-0.2, 0) is 23.1 Å². The molecule has 1 aromatic carbocycles. The quantitative estimate of drug-likeness (QED) is 0.847. The predicted octanol–water partition coefficient (Wildman–Crippen LogP) is 2.91. The molecule has 0 bridgehead atoms. The van der Waals surface area contributed by atoms with Gasteiger partial charge in [0.05, 0.1) is 0 Å². The Kier molecular flexibility index (Phi) is 5.40. The molecule has 0 aliphatic heterocycles. The molecule has 1 heterocycles. The van der Waals surface area contributed by atoms with E-state index in [4.69, 9.17) is 11.6 Å². The lowest BCUT2D eigenvalue weighted by atomic mass is 10.2. The molecule has 2 rings (SSSR count). The largest absolute Gasteiger partial charge is 0.315 e. The van der Waals surface area contributed by atoms with Crippen LogP contribution in [0.3, 0.4) is 0 Å². The molecule has 0 spiro atoms. The van der Waals surface area contributed by atoms with Crippen molar-refractivity contribution in [3.8, 4) is 0 Å². The molecule has 0 unspecified atom stereocenters. The number of nitrogens with one attached hydrogen (secondary N) is 2. The average Bonchev–Trinajstić information content (AvgIpc) is 2.79. The molecule has 114 valence electrons. The van der Waals surface area contributed by atoms with Gasteiger partial charge >= 0.3 is 0 Å². The van der Waals surface area contributed by atoms with Crippen LogP contribution in [0.2, 0.25) is 5.02 Å². The van der Waals surface area contributed by atoms with Crippen molar-refractivity contribution in [1.29, 1.82) is 0 Å². The lowest BCUT2D eigenvalue weighted by Gasteiger charge is -2.09. The van der Waals surface area contributed by atoms with Gasteiger partial charge in [-0.3, -0.25) is 0 Å². The summed E-state index contributed by atoms with van der Waals surface area (Å²) in [4.78, 5) is 1.19. The van der Waals surface area contributed by atoms with Crippen LogP contribution in [0.25, 0.3) is 0 Å². The van der Waals surface area contributed by atoms with Crippen LogP contribution in [0.4, 0.5) is 0 Å². The zero-order valence-electron chi connectivity index (χ0n) is 11.8. The maximum atomic E-state index is 12.5. The van der Waals surface area contributed by atoms with E-state index in [0.717, 1.165) is 16.0 Å². The first-order valence-electron chi connectivity index (χ1n) is 6.39. The van der Waals surface area contributed by atoms with E-state index in [9.17, 15) is 8.42 Å². The molecule has 7 heteroatoms. The number of benzene rings is 1. The summed E-state index contributed by atoms with van der Waals surface area (Å²) in [6.07, 6.45) is 0. The fourth-order valence-electron chi connectivity index (χ4n) is 2.03. The van der Waals surface area contributed by atoms with E-state index >= 15 is 0 Å². The van der Waals surface area contributed by atoms with Crippen molar-refractivity contribution in [2.75, 3.05) is 7.05 Å². The molecule has 0 atom stereocenters. The van der Waals surface area contributed by atoms with Crippen molar-refractivity contribution in [2.45, 2.75) is 24.9 Å². The first-order valence-corrected chi connectivity index (χ1v) is 9.14. The second-order valence-electron chi connectivity index (χ2n) is 4.66. The van der Waals surface area contributed by atoms with Crippen molar-refractivity contribution in [1.82, 2.24) is 10.0 Å². The molecule has 0 saturated heterocycles. The first-order chi connectivity index (χ1) is 9.94. The molecule has 0 fully saturated rings. The normalized spacial score (nSPS) is 11.8. The molecular formula is C14H17ClN2O2S2. The van der Waals surface area contributed by atoms with Crippen LogP contribution in [0.1, 0.15) is 16.0 Å². The third-order valence-corrected chi connectivity index (χ3v) is 6.05. The van der Waals surface area contributed by atoms with E-state index in [1.54, 1.807) is 25.2 Å². The van der Waals surface area contributed by atoms with E-state index in [2.05, 4.69) is 10.0 Å². The fraction of sp³-hybridized carbons (Fsp3) is 0.286. The van der Waals surface area contributed by atoms with E-state index in [0.29, 0.717) is 16.5 Å². The van der Waals surface area contributed by atoms with Crippen molar-refractivity contribution in [2.24, 2.45) is 0 Å². The van der Waals surface area contributed by atoms with Gasteiger partial charge in [-0.2, -0.15) is 0 Å². The molecule has 0 aliphatic rings. The highest BCUT2D eigenvalue weighted by Gasteiger charge is 2.22. The molecule has 0 aliphatic carbocycles. The second-order valence-corrected chi connectivity index (χ2v) is 7.76. The van der Waals surface area contributed by atoms with Gasteiger partial charge in [0.25, 0.3) is 0 Å². The summed E-state index contributed by atoms with van der Waals surface area (Å²) in [7, 11) is -1.74. The molecule has 0 amide bonds. The maximum Gasteiger partial charge on any atom is 0.242 e. The van der Waals surface area contributed by atoms with Crippen LogP contribution in [0.5, 0.6) is 0 Å². The third-order valence-electron chi connectivity index (χ3n) is 2.95. The van der Waals surface area contributed by atoms with Gasteiger partial charge in [-0.05, 0) is 42.6 Å². The Morgan fingerprint density at radius 3 is 2.71 bits per heavy atom. The second kappa shape index (κ2) is 6.89. The molecule has 2 aromatic rings. The number of hydrogen-bond donors (Lipinski definition) is 2. The van der Waals surface area contributed by atoms with Crippen molar-refractivity contribution >= 4 is 33.0 Å². The van der Waals surface area contributed by atoms with Gasteiger partial charge in [0.2, 0.25) is 10.0 Å². The highest BCUT2D eigenvalue weighted by atomic mass is 35.5. The summed E-state index contributed by atoms with van der Waals surface area (Å²) in [5.74, 6) is 0. The topological polar surface area (TPSA) is 58.2 Å². The van der Waals surface area contributed by atoms with Crippen LogP contribution in [0.15, 0.2) is 34.5 Å². The molecule has 0 radical (unpaired) electrons. The Labute approximate surface area is 134 Å². The van der Waals surface area contributed by atoms with Crippen LogP contribution in [-0.4, -0.2) is 15.5 Å². The first kappa shape index (κ1) is 16.5. The Hall–Kier alpha value is -0.920. The van der Waals surface area contributed by atoms with E-state index < -0.39 is 10.0 Å². The summed E-state index contributed by atoms with van der Waals surface area (Å²) in [5, 5.41) is 5.45. The van der Waals surface area contributed by atoms with Gasteiger partial charge < -0.3 is 5.32 Å². The fourth-order valence-corrected chi connectivity index (χ4v) is 5.08. The van der Waals surface area contributed by atoms with Gasteiger partial charge in [0.1, 0.15) is 4.90 Å². The van der Waals surface area contributed by atoms with Gasteiger partial charge in [0.15, 0.2) is 0 Å². The Bertz CT molecular complexity index is 726. The maximum absolute atomic E-state index is 12.5. The zero-order valence-corrected chi connectivity index (χ0v) is 14.2. The monoisotopic (exact) mass is 344 g/mol. The van der Waals surface area contributed by atoms with E-state index in [1.807, 2.05) is 18.4 Å². The van der Waals surface area contributed by atoms with Crippen LogP contribution in [0, 0.1) is 6.92 Å². The average molecular weight is 345 g/mol. The predicted molar refractivity (Wildman–Crippen MR) is 87.3 cm³/mol. The Morgan fingerprint density at radius 1 is 1.29 bits per heavy atom. The summed E-state index contributed by atoms with van der Waals surface area (Å²) >= 11 is 7.35. The lowest BCUT2D eigenvalue weighted by molar-refractivity contribution is 0.579. The molecule has 21 heavy (non-hydrogen) atoms. The summed E-state index contributed by atoms with van der Waals surface area (Å²) in [5.41, 5.74) is 1.60. The van der Waals surface area contributed by atoms with E-state index in [-0.39, 0.29) is 6.54 Å². The molecular weight excluding hydrogens is 328 g/mol. The number of hydrogen-bond acceptors (Lipinski definition) is 4. The van der Waals surface area contributed by atoms with Crippen molar-refractivity contribution < 1.29 is 8.42 Å². The van der Waals surface area contributed by atoms with Crippen LogP contribution < -0.4 is 10.0 Å². The van der Waals surface area contributed by atoms with Crippen LogP contribution >= 0.6 is 22.9 Å². The SMILES string of the molecule is CNCc1scc(C)c1S(=O)(=O)NCc1cccc(Cl)c1. The van der Waals surface area contributed by atoms with Gasteiger partial charge in [0, 0.05) is 23.0 Å². The highest BCUT2D eigenvalue weighted by Crippen LogP contribution is 2.26. The third kappa shape index (κ3) is 4.05. The molecule has 1 aromatic heterocycles. The number of halogens is 1. The van der Waals surface area contributed by atoms with Crippen molar-refractivity contribution in [3.05, 3.63) is 50.7 Å². The Morgan fingerprint density at radius 2 is 2.05 bits per heavy atom. The highest BCUT2D eigenvalue weighted by molar-refractivity contribution is 7.89. The number of rotatable bonds is 6. The number of aryl methyl sites for hydroxylation is 1. The molecule has 0 saturated carbocycles. The smallest absolute Gasteiger partial charge is 0.242 e. The van der Waals surface area contributed by atoms with Gasteiger partial charge in [-0.15, -0.1) is 11.3 Å². The van der Waals surface area contributed by atoms with Gasteiger partial charge in [-0.25, -0.2) is 13.1 Å². The summed E-state index contributed by atoms with van der Waals surface area (Å²) in [6, 6.07) is 7.14. The number of thiophene rings is 1. The summed E-state index contributed by atoms with van der Waals surface area (Å²) in [6.45, 7) is 2.56. The molecule has 2 N–H and O–H groups in total.